The molecule has 254 valence electrons. The SMILES string of the molecule is COc1ccc([C@H](C(=O)NC2CCCCC2)N(C(=O)Cn2nnc3ccccc32)c2ccc(S(=O)(=O)N3CCC(C)CC3)cc2)cc1O. The van der Waals surface area contributed by atoms with Crippen molar-refractivity contribution in [2.45, 2.75) is 75.4 Å². The first-order valence-corrected chi connectivity index (χ1v) is 18.0. The first kappa shape index (κ1) is 33.4. The van der Waals surface area contributed by atoms with Crippen molar-refractivity contribution >= 4 is 38.6 Å². The number of benzene rings is 3. The van der Waals surface area contributed by atoms with Crippen molar-refractivity contribution in [3.63, 3.8) is 0 Å². The summed E-state index contributed by atoms with van der Waals surface area (Å²) in [5.74, 6) is -0.390. The molecule has 1 aromatic heterocycles. The van der Waals surface area contributed by atoms with Crippen LogP contribution in [0.4, 0.5) is 5.69 Å². The molecule has 2 fully saturated rings. The van der Waals surface area contributed by atoms with E-state index in [2.05, 4.69) is 22.6 Å². The number of para-hydroxylation sites is 1. The summed E-state index contributed by atoms with van der Waals surface area (Å²) in [4.78, 5) is 30.3. The Morgan fingerprint density at radius 3 is 2.40 bits per heavy atom. The molecule has 12 nitrogen and oxygen atoms in total. The van der Waals surface area contributed by atoms with Crippen molar-refractivity contribution < 1.29 is 27.9 Å². The van der Waals surface area contributed by atoms with Gasteiger partial charge in [0, 0.05) is 24.8 Å². The van der Waals surface area contributed by atoms with Gasteiger partial charge in [-0.15, -0.1) is 5.10 Å². The van der Waals surface area contributed by atoms with Crippen LogP contribution in [0.3, 0.4) is 0 Å². The Labute approximate surface area is 280 Å². The third-order valence-corrected chi connectivity index (χ3v) is 11.4. The number of nitrogens with one attached hydrogen (secondary N) is 1. The Balaban J connectivity index is 1.41. The third-order valence-electron chi connectivity index (χ3n) is 9.45. The van der Waals surface area contributed by atoms with Gasteiger partial charge in [0.05, 0.1) is 17.5 Å². The number of nitrogens with zero attached hydrogens (tertiary/aromatic N) is 5. The Morgan fingerprint density at radius 2 is 1.71 bits per heavy atom. The van der Waals surface area contributed by atoms with E-state index in [-0.39, 0.29) is 29.0 Å². The van der Waals surface area contributed by atoms with Gasteiger partial charge in [-0.3, -0.25) is 14.5 Å². The summed E-state index contributed by atoms with van der Waals surface area (Å²) in [6, 6.07) is 16.7. The Morgan fingerprint density at radius 1 is 1.00 bits per heavy atom. The zero-order valence-corrected chi connectivity index (χ0v) is 28.1. The number of phenolic OH excluding ortho intramolecular Hbond substituents is 1. The van der Waals surface area contributed by atoms with E-state index in [1.54, 1.807) is 30.3 Å². The van der Waals surface area contributed by atoms with Gasteiger partial charge in [0.25, 0.3) is 0 Å². The molecular formula is C35H42N6O6S. The second kappa shape index (κ2) is 14.3. The monoisotopic (exact) mass is 674 g/mol. The minimum absolute atomic E-state index is 0.0587. The zero-order chi connectivity index (χ0) is 33.8. The van der Waals surface area contributed by atoms with Crippen molar-refractivity contribution in [2.24, 2.45) is 5.92 Å². The van der Waals surface area contributed by atoms with E-state index in [9.17, 15) is 23.1 Å². The standard InChI is InChI=1S/C35H42N6O6S/c1-24-18-20-39(21-19-24)48(45,46)28-15-13-27(14-16-28)41(33(43)23-40-30-11-7-6-10-29(30)37-38-40)34(25-12-17-32(47-2)31(42)22-25)35(44)36-26-8-4-3-5-9-26/h6-7,10-17,22,24,26,34,42H,3-5,8-9,18-21,23H2,1-2H3,(H,36,44)/t34-/m1/s1. The van der Waals surface area contributed by atoms with E-state index in [0.29, 0.717) is 41.3 Å². The van der Waals surface area contributed by atoms with Gasteiger partial charge in [-0.1, -0.05) is 49.6 Å². The Kier molecular flexibility index (Phi) is 9.97. The number of fused-ring (bicyclic) bond motifs is 1. The predicted octanol–water partition coefficient (Wildman–Crippen LogP) is 4.79. The summed E-state index contributed by atoms with van der Waals surface area (Å²) in [5.41, 5.74) is 1.94. The van der Waals surface area contributed by atoms with Crippen LogP contribution in [0.1, 0.15) is 63.5 Å². The van der Waals surface area contributed by atoms with Crippen LogP contribution in [-0.2, 0) is 26.2 Å². The number of carbonyl (C=O) groups excluding carboxylic acids is 2. The van der Waals surface area contributed by atoms with Crippen LogP contribution >= 0.6 is 0 Å². The lowest BCUT2D eigenvalue weighted by atomic mass is 9.94. The Bertz CT molecular complexity index is 1860. The van der Waals surface area contributed by atoms with Crippen LogP contribution in [0.25, 0.3) is 11.0 Å². The molecule has 2 aliphatic rings. The number of aromatic nitrogens is 3. The van der Waals surface area contributed by atoms with Crippen LogP contribution in [0.5, 0.6) is 11.5 Å². The largest absolute Gasteiger partial charge is 0.504 e. The van der Waals surface area contributed by atoms with Crippen molar-refractivity contribution in [3.05, 3.63) is 72.3 Å². The molecule has 0 bridgehead atoms. The molecule has 1 atom stereocenters. The first-order chi connectivity index (χ1) is 23.2. The molecule has 48 heavy (non-hydrogen) atoms. The van der Waals surface area contributed by atoms with E-state index in [1.165, 1.54) is 39.2 Å². The van der Waals surface area contributed by atoms with Crippen LogP contribution in [0, 0.1) is 5.92 Å². The third kappa shape index (κ3) is 7.02. The number of sulfonamides is 1. The lowest BCUT2D eigenvalue weighted by Crippen LogP contribution is -2.48. The van der Waals surface area contributed by atoms with Gasteiger partial charge < -0.3 is 15.2 Å². The number of aromatic hydroxyl groups is 1. The molecule has 4 aromatic rings. The fourth-order valence-electron chi connectivity index (χ4n) is 6.65. The minimum Gasteiger partial charge on any atom is -0.504 e. The summed E-state index contributed by atoms with van der Waals surface area (Å²) in [6.07, 6.45) is 6.33. The number of amides is 2. The number of ether oxygens (including phenoxy) is 1. The van der Waals surface area contributed by atoms with E-state index < -0.39 is 27.9 Å². The number of hydrogen-bond acceptors (Lipinski definition) is 8. The molecule has 0 unspecified atom stereocenters. The Hall–Kier alpha value is -4.49. The number of piperidine rings is 1. The van der Waals surface area contributed by atoms with Crippen LogP contribution in [-0.4, -0.2) is 70.9 Å². The van der Waals surface area contributed by atoms with E-state index in [4.69, 9.17) is 4.74 Å². The smallest absolute Gasteiger partial charge is 0.249 e. The van der Waals surface area contributed by atoms with E-state index in [0.717, 1.165) is 44.9 Å². The molecule has 6 rings (SSSR count). The summed E-state index contributed by atoms with van der Waals surface area (Å²) in [6.45, 7) is 2.77. The summed E-state index contributed by atoms with van der Waals surface area (Å²) >= 11 is 0. The highest BCUT2D eigenvalue weighted by atomic mass is 32.2. The van der Waals surface area contributed by atoms with Crippen molar-refractivity contribution in [1.29, 1.82) is 0 Å². The second-order valence-corrected chi connectivity index (χ2v) is 14.7. The maximum Gasteiger partial charge on any atom is 0.249 e. The lowest BCUT2D eigenvalue weighted by Gasteiger charge is -2.34. The highest BCUT2D eigenvalue weighted by molar-refractivity contribution is 7.89. The number of methoxy groups -OCH3 is 1. The number of carbonyl (C=O) groups is 2. The van der Waals surface area contributed by atoms with Gasteiger partial charge in [0.2, 0.25) is 21.8 Å². The normalized spacial score (nSPS) is 17.2. The number of rotatable bonds is 10. The molecule has 13 heteroatoms. The fourth-order valence-corrected chi connectivity index (χ4v) is 8.12. The molecule has 2 amide bonds. The van der Waals surface area contributed by atoms with E-state index >= 15 is 0 Å². The van der Waals surface area contributed by atoms with E-state index in [1.807, 2.05) is 18.2 Å². The molecule has 3 aromatic carbocycles. The average Bonchev–Trinajstić information content (AvgIpc) is 3.50. The van der Waals surface area contributed by atoms with Crippen molar-refractivity contribution in [1.82, 2.24) is 24.6 Å². The maximum absolute atomic E-state index is 14.5. The predicted molar refractivity (Wildman–Crippen MR) is 181 cm³/mol. The van der Waals surface area contributed by atoms with Gasteiger partial charge in [-0.2, -0.15) is 4.31 Å². The summed E-state index contributed by atoms with van der Waals surface area (Å²) < 4.78 is 35.3. The van der Waals surface area contributed by atoms with Crippen LogP contribution in [0.15, 0.2) is 71.6 Å². The number of hydrogen-bond donors (Lipinski definition) is 2. The minimum atomic E-state index is -3.75. The summed E-state index contributed by atoms with van der Waals surface area (Å²) in [5, 5.41) is 22.3. The van der Waals surface area contributed by atoms with Gasteiger partial charge in [0.15, 0.2) is 11.5 Å². The molecule has 0 radical (unpaired) electrons. The molecule has 1 aliphatic heterocycles. The maximum atomic E-state index is 14.5. The van der Waals surface area contributed by atoms with Gasteiger partial charge >= 0.3 is 0 Å². The number of anilines is 1. The molecule has 1 aliphatic carbocycles. The highest BCUT2D eigenvalue weighted by Gasteiger charge is 2.36. The van der Waals surface area contributed by atoms with Crippen LogP contribution in [0.2, 0.25) is 0 Å². The molecule has 2 N–H and O–H groups in total. The molecule has 1 saturated heterocycles. The van der Waals surface area contributed by atoms with Crippen molar-refractivity contribution in [2.75, 3.05) is 25.1 Å². The van der Waals surface area contributed by atoms with Crippen LogP contribution < -0.4 is 15.0 Å². The first-order valence-electron chi connectivity index (χ1n) is 16.5. The molecular weight excluding hydrogens is 632 g/mol. The van der Waals surface area contributed by atoms with Gasteiger partial charge in [-0.25, -0.2) is 13.1 Å². The quantitative estimate of drug-likeness (QED) is 0.244. The number of phenols is 1. The zero-order valence-electron chi connectivity index (χ0n) is 27.3. The fraction of sp³-hybridized carbons (Fsp3) is 0.429. The molecule has 1 saturated carbocycles. The average molecular weight is 675 g/mol. The molecule has 0 spiro atoms. The lowest BCUT2D eigenvalue weighted by molar-refractivity contribution is -0.127. The highest BCUT2D eigenvalue weighted by Crippen LogP contribution is 2.35. The molecule has 2 heterocycles. The second-order valence-electron chi connectivity index (χ2n) is 12.8. The summed E-state index contributed by atoms with van der Waals surface area (Å²) in [7, 11) is -2.32. The van der Waals surface area contributed by atoms with Gasteiger partial charge in [0.1, 0.15) is 18.1 Å². The van der Waals surface area contributed by atoms with Crippen molar-refractivity contribution in [3.8, 4) is 11.5 Å². The topological polar surface area (TPSA) is 147 Å². The van der Waals surface area contributed by atoms with Gasteiger partial charge in [-0.05, 0) is 85.7 Å².